The first kappa shape index (κ1) is 15.7. The third-order valence-corrected chi connectivity index (χ3v) is 4.17. The molecule has 0 amide bonds. The molecule has 1 heterocycles. The first-order chi connectivity index (χ1) is 9.70. The van der Waals surface area contributed by atoms with Crippen molar-refractivity contribution in [2.24, 2.45) is 5.92 Å². The zero-order valence-corrected chi connectivity index (χ0v) is 12.8. The normalized spacial score (nSPS) is 18.1. The maximum atomic E-state index is 13.9. The van der Waals surface area contributed by atoms with Gasteiger partial charge in [-0.2, -0.15) is 0 Å². The Bertz CT molecular complexity index is 421. The van der Waals surface area contributed by atoms with Crippen LogP contribution in [0.3, 0.4) is 0 Å². The van der Waals surface area contributed by atoms with E-state index in [1.54, 1.807) is 12.1 Å². The van der Waals surface area contributed by atoms with Gasteiger partial charge in [0, 0.05) is 24.3 Å². The van der Waals surface area contributed by atoms with Gasteiger partial charge < -0.3 is 10.1 Å². The molecular formula is C16H23ClFNO. The first-order valence-electron chi connectivity index (χ1n) is 7.45. The number of hydrogen-bond donors (Lipinski definition) is 1. The van der Waals surface area contributed by atoms with Gasteiger partial charge in [0.1, 0.15) is 5.82 Å². The Hall–Kier alpha value is -0.640. The number of halogens is 2. The second-order valence-corrected chi connectivity index (χ2v) is 5.89. The Kier molecular flexibility index (Phi) is 6.27. The van der Waals surface area contributed by atoms with Crippen LogP contribution in [0.15, 0.2) is 18.2 Å². The fourth-order valence-corrected chi connectivity index (χ4v) is 2.98. The van der Waals surface area contributed by atoms with Gasteiger partial charge in [-0.3, -0.25) is 0 Å². The van der Waals surface area contributed by atoms with Crippen molar-refractivity contribution in [3.8, 4) is 0 Å². The van der Waals surface area contributed by atoms with E-state index >= 15 is 0 Å². The van der Waals surface area contributed by atoms with Gasteiger partial charge in [0.25, 0.3) is 0 Å². The van der Waals surface area contributed by atoms with E-state index in [9.17, 15) is 4.39 Å². The van der Waals surface area contributed by atoms with Gasteiger partial charge >= 0.3 is 0 Å². The summed E-state index contributed by atoms with van der Waals surface area (Å²) < 4.78 is 19.3. The van der Waals surface area contributed by atoms with Gasteiger partial charge in [0.05, 0.1) is 0 Å². The molecule has 1 aromatic carbocycles. The highest BCUT2D eigenvalue weighted by Crippen LogP contribution is 2.24. The van der Waals surface area contributed by atoms with E-state index in [1.807, 2.05) is 0 Å². The molecule has 0 saturated carbocycles. The molecule has 1 aliphatic heterocycles. The minimum atomic E-state index is -0.162. The van der Waals surface area contributed by atoms with Crippen LogP contribution in [-0.4, -0.2) is 25.8 Å². The Morgan fingerprint density at radius 3 is 2.85 bits per heavy atom. The minimum absolute atomic E-state index is 0.162. The van der Waals surface area contributed by atoms with Crippen molar-refractivity contribution in [3.05, 3.63) is 34.6 Å². The number of rotatable bonds is 6. The summed E-state index contributed by atoms with van der Waals surface area (Å²) in [7, 11) is 0. The first-order valence-corrected chi connectivity index (χ1v) is 7.83. The molecule has 0 aromatic heterocycles. The van der Waals surface area contributed by atoms with Crippen molar-refractivity contribution in [1.82, 2.24) is 5.32 Å². The second-order valence-electron chi connectivity index (χ2n) is 5.45. The Morgan fingerprint density at radius 2 is 2.15 bits per heavy atom. The molecular weight excluding hydrogens is 277 g/mol. The second kappa shape index (κ2) is 7.96. The lowest BCUT2D eigenvalue weighted by Gasteiger charge is -2.31. The molecule has 1 N–H and O–H groups in total. The summed E-state index contributed by atoms with van der Waals surface area (Å²) in [5.41, 5.74) is 0.706. The lowest BCUT2D eigenvalue weighted by molar-refractivity contribution is 0.0537. The Morgan fingerprint density at radius 1 is 1.40 bits per heavy atom. The Labute approximate surface area is 125 Å². The molecule has 1 aliphatic rings. The zero-order chi connectivity index (χ0) is 14.4. The molecule has 0 aliphatic carbocycles. The maximum Gasteiger partial charge on any atom is 0.126 e. The van der Waals surface area contributed by atoms with Crippen molar-refractivity contribution in [2.75, 3.05) is 19.8 Å². The van der Waals surface area contributed by atoms with Gasteiger partial charge in [0.15, 0.2) is 0 Å². The van der Waals surface area contributed by atoms with Crippen LogP contribution in [0, 0.1) is 11.7 Å². The van der Waals surface area contributed by atoms with E-state index in [2.05, 4.69) is 12.2 Å². The predicted molar refractivity (Wildman–Crippen MR) is 80.7 cm³/mol. The standard InChI is InChI=1S/C16H23ClFNO/c1-2-7-19-16(12-5-8-20-9-6-12)11-13-10-14(17)3-4-15(13)18/h3-4,10,12,16,19H,2,5-9,11H2,1H3. The van der Waals surface area contributed by atoms with Crippen molar-refractivity contribution >= 4 is 11.6 Å². The molecule has 1 aromatic rings. The summed E-state index contributed by atoms with van der Waals surface area (Å²) in [4.78, 5) is 0. The molecule has 1 unspecified atom stereocenters. The van der Waals surface area contributed by atoms with Crippen molar-refractivity contribution in [2.45, 2.75) is 38.6 Å². The van der Waals surface area contributed by atoms with Crippen LogP contribution in [0.5, 0.6) is 0 Å². The van der Waals surface area contributed by atoms with Crippen molar-refractivity contribution < 1.29 is 9.13 Å². The van der Waals surface area contributed by atoms with E-state index < -0.39 is 0 Å². The lowest BCUT2D eigenvalue weighted by Crippen LogP contribution is -2.41. The van der Waals surface area contributed by atoms with Crippen LogP contribution >= 0.6 is 11.6 Å². The van der Waals surface area contributed by atoms with E-state index in [-0.39, 0.29) is 5.82 Å². The average molecular weight is 300 g/mol. The van der Waals surface area contributed by atoms with Gasteiger partial charge in [-0.15, -0.1) is 0 Å². The van der Waals surface area contributed by atoms with Crippen LogP contribution in [0.4, 0.5) is 4.39 Å². The van der Waals surface area contributed by atoms with Gasteiger partial charge in [-0.1, -0.05) is 18.5 Å². The number of hydrogen-bond acceptors (Lipinski definition) is 2. The number of nitrogens with one attached hydrogen (secondary N) is 1. The largest absolute Gasteiger partial charge is 0.381 e. The van der Waals surface area contributed by atoms with Gasteiger partial charge in [-0.25, -0.2) is 4.39 Å². The molecule has 0 radical (unpaired) electrons. The van der Waals surface area contributed by atoms with Crippen molar-refractivity contribution in [1.29, 1.82) is 0 Å². The summed E-state index contributed by atoms with van der Waals surface area (Å²) in [6.45, 7) is 4.73. The fourth-order valence-electron chi connectivity index (χ4n) is 2.79. The molecule has 1 saturated heterocycles. The average Bonchev–Trinajstić information content (AvgIpc) is 2.48. The molecule has 2 nitrogen and oxygen atoms in total. The molecule has 20 heavy (non-hydrogen) atoms. The summed E-state index contributed by atoms with van der Waals surface area (Å²) >= 11 is 5.98. The zero-order valence-electron chi connectivity index (χ0n) is 12.0. The van der Waals surface area contributed by atoms with Crippen LogP contribution in [0.25, 0.3) is 0 Å². The molecule has 4 heteroatoms. The third-order valence-electron chi connectivity index (χ3n) is 3.94. The van der Waals surface area contributed by atoms with E-state index in [0.29, 0.717) is 29.0 Å². The summed E-state index contributed by atoms with van der Waals surface area (Å²) in [5, 5.41) is 4.17. The molecule has 0 spiro atoms. The molecule has 1 atom stereocenters. The van der Waals surface area contributed by atoms with Gasteiger partial charge in [-0.05, 0) is 61.9 Å². The highest BCUT2D eigenvalue weighted by atomic mass is 35.5. The summed E-state index contributed by atoms with van der Waals surface area (Å²) in [6, 6.07) is 5.10. The topological polar surface area (TPSA) is 21.3 Å². The quantitative estimate of drug-likeness (QED) is 0.862. The molecule has 0 bridgehead atoms. The van der Waals surface area contributed by atoms with Crippen LogP contribution in [-0.2, 0) is 11.2 Å². The molecule has 2 rings (SSSR count). The monoisotopic (exact) mass is 299 g/mol. The van der Waals surface area contributed by atoms with Gasteiger partial charge in [0.2, 0.25) is 0 Å². The maximum absolute atomic E-state index is 13.9. The van der Waals surface area contributed by atoms with Crippen LogP contribution in [0.1, 0.15) is 31.7 Å². The smallest absolute Gasteiger partial charge is 0.126 e. The van der Waals surface area contributed by atoms with Crippen LogP contribution in [0.2, 0.25) is 5.02 Å². The molecule has 112 valence electrons. The third kappa shape index (κ3) is 4.44. The van der Waals surface area contributed by atoms with Crippen molar-refractivity contribution in [3.63, 3.8) is 0 Å². The summed E-state index contributed by atoms with van der Waals surface area (Å²) in [6.07, 6.45) is 3.86. The highest BCUT2D eigenvalue weighted by molar-refractivity contribution is 6.30. The number of ether oxygens (including phenoxy) is 1. The lowest BCUT2D eigenvalue weighted by atomic mass is 9.87. The SMILES string of the molecule is CCCNC(Cc1cc(Cl)ccc1F)C1CCOCC1. The summed E-state index contributed by atoms with van der Waals surface area (Å²) in [5.74, 6) is 0.387. The fraction of sp³-hybridized carbons (Fsp3) is 0.625. The highest BCUT2D eigenvalue weighted by Gasteiger charge is 2.24. The van der Waals surface area contributed by atoms with E-state index in [4.69, 9.17) is 16.3 Å². The Balaban J connectivity index is 2.07. The van der Waals surface area contributed by atoms with E-state index in [0.717, 1.165) is 39.0 Å². The predicted octanol–water partition coefficient (Wildman–Crippen LogP) is 3.82. The van der Waals surface area contributed by atoms with E-state index in [1.165, 1.54) is 6.07 Å². The molecule has 1 fully saturated rings. The van der Waals surface area contributed by atoms with Crippen LogP contribution < -0.4 is 5.32 Å². The minimum Gasteiger partial charge on any atom is -0.381 e. The number of benzene rings is 1.